The summed E-state index contributed by atoms with van der Waals surface area (Å²) < 4.78 is 5.37. The zero-order valence-corrected chi connectivity index (χ0v) is 10.8. The molecule has 1 unspecified atom stereocenters. The molecule has 0 aromatic rings. The fourth-order valence-corrected chi connectivity index (χ4v) is 2.09. The molecule has 0 bridgehead atoms. The Hall–Kier alpha value is -1.36. The molecule has 2 atom stereocenters. The molecular weight excluding hydrogens is 234 g/mol. The molecular formula is C13H21NO4. The van der Waals surface area contributed by atoms with Gasteiger partial charge in [0.2, 0.25) is 0 Å². The van der Waals surface area contributed by atoms with Crippen LogP contribution in [0.25, 0.3) is 0 Å². The summed E-state index contributed by atoms with van der Waals surface area (Å²) in [6.07, 6.45) is 4.05. The molecule has 1 fully saturated rings. The topological polar surface area (TPSA) is 66.8 Å². The minimum Gasteiger partial charge on any atom is -0.480 e. The van der Waals surface area contributed by atoms with Crippen molar-refractivity contribution in [3.05, 3.63) is 12.7 Å². The van der Waals surface area contributed by atoms with Crippen molar-refractivity contribution in [3.63, 3.8) is 0 Å². The number of nitrogens with zero attached hydrogens (tertiary/aromatic N) is 1. The average Bonchev–Trinajstić information content (AvgIpc) is 2.38. The fraction of sp³-hybridized carbons (Fsp3) is 0.692. The highest BCUT2D eigenvalue weighted by atomic mass is 16.5. The smallest absolute Gasteiger partial charge is 0.326 e. The van der Waals surface area contributed by atoms with Gasteiger partial charge in [-0.2, -0.15) is 0 Å². The molecule has 1 aliphatic rings. The van der Waals surface area contributed by atoms with E-state index in [0.717, 1.165) is 12.8 Å². The van der Waals surface area contributed by atoms with E-state index < -0.39 is 18.1 Å². The minimum absolute atomic E-state index is 0.230. The summed E-state index contributed by atoms with van der Waals surface area (Å²) >= 11 is 0. The second kappa shape index (κ2) is 7.16. The van der Waals surface area contributed by atoms with Crippen LogP contribution < -0.4 is 0 Å². The van der Waals surface area contributed by atoms with Gasteiger partial charge in [-0.3, -0.25) is 4.79 Å². The van der Waals surface area contributed by atoms with Crippen LogP contribution in [0.1, 0.15) is 32.6 Å². The molecule has 0 spiro atoms. The average molecular weight is 255 g/mol. The van der Waals surface area contributed by atoms with Crippen LogP contribution in [0.3, 0.4) is 0 Å². The molecule has 5 heteroatoms. The number of carboxylic acids is 1. The molecule has 1 rings (SSSR count). The Morgan fingerprint density at radius 2 is 2.28 bits per heavy atom. The van der Waals surface area contributed by atoms with Crippen molar-refractivity contribution in [3.8, 4) is 0 Å². The lowest BCUT2D eigenvalue weighted by Crippen LogP contribution is -2.51. The van der Waals surface area contributed by atoms with Gasteiger partial charge in [0, 0.05) is 6.54 Å². The summed E-state index contributed by atoms with van der Waals surface area (Å²) in [5.41, 5.74) is 0. The van der Waals surface area contributed by atoms with Crippen LogP contribution in [0.4, 0.5) is 0 Å². The van der Waals surface area contributed by atoms with Crippen molar-refractivity contribution >= 4 is 11.9 Å². The van der Waals surface area contributed by atoms with Crippen LogP contribution in [0, 0.1) is 0 Å². The largest absolute Gasteiger partial charge is 0.480 e. The first kappa shape index (κ1) is 14.7. The zero-order chi connectivity index (χ0) is 13.5. The molecule has 1 saturated heterocycles. The number of ether oxygens (including phenoxy) is 1. The van der Waals surface area contributed by atoms with Crippen molar-refractivity contribution in [1.82, 2.24) is 4.90 Å². The third-order valence-electron chi connectivity index (χ3n) is 3.11. The van der Waals surface area contributed by atoms with Crippen LogP contribution in [0.2, 0.25) is 0 Å². The third-order valence-corrected chi connectivity index (χ3v) is 3.11. The number of carboxylic acid groups (broad SMARTS) is 1. The highest BCUT2D eigenvalue weighted by molar-refractivity contribution is 5.86. The molecule has 0 aliphatic carbocycles. The molecule has 0 aromatic heterocycles. The summed E-state index contributed by atoms with van der Waals surface area (Å²) in [4.78, 5) is 24.7. The van der Waals surface area contributed by atoms with E-state index in [4.69, 9.17) is 9.84 Å². The van der Waals surface area contributed by atoms with Gasteiger partial charge in [0.1, 0.15) is 12.1 Å². The second-order valence-corrected chi connectivity index (χ2v) is 4.47. The normalized spacial score (nSPS) is 21.4. The van der Waals surface area contributed by atoms with Crippen molar-refractivity contribution in [2.45, 2.75) is 44.8 Å². The Morgan fingerprint density at radius 1 is 1.56 bits per heavy atom. The number of carbonyl (C=O) groups is 2. The Kier molecular flexibility index (Phi) is 5.85. The third kappa shape index (κ3) is 3.84. The molecule has 0 aromatic carbocycles. The van der Waals surface area contributed by atoms with Crippen molar-refractivity contribution in [1.29, 1.82) is 0 Å². The number of hydrogen-bond donors (Lipinski definition) is 1. The van der Waals surface area contributed by atoms with Gasteiger partial charge in [-0.15, -0.1) is 6.58 Å². The van der Waals surface area contributed by atoms with E-state index >= 15 is 0 Å². The molecule has 1 aliphatic heterocycles. The van der Waals surface area contributed by atoms with Gasteiger partial charge >= 0.3 is 5.97 Å². The van der Waals surface area contributed by atoms with Crippen LogP contribution in [0.5, 0.6) is 0 Å². The molecule has 102 valence electrons. The quantitative estimate of drug-likeness (QED) is 0.576. The lowest BCUT2D eigenvalue weighted by molar-refractivity contribution is -0.157. The first-order chi connectivity index (χ1) is 8.57. The Bertz CT molecular complexity index is 316. The van der Waals surface area contributed by atoms with Gasteiger partial charge in [0.15, 0.2) is 0 Å². The first-order valence-electron chi connectivity index (χ1n) is 6.33. The number of aliphatic carboxylic acids is 1. The van der Waals surface area contributed by atoms with Crippen LogP contribution in [-0.4, -0.2) is 47.2 Å². The number of likely N-dealkylation sites (tertiary alicyclic amines) is 1. The van der Waals surface area contributed by atoms with Gasteiger partial charge in [0.25, 0.3) is 5.91 Å². The predicted molar refractivity (Wildman–Crippen MR) is 67.2 cm³/mol. The van der Waals surface area contributed by atoms with Gasteiger partial charge < -0.3 is 14.7 Å². The molecule has 1 amide bonds. The van der Waals surface area contributed by atoms with Crippen molar-refractivity contribution in [2.24, 2.45) is 0 Å². The molecule has 18 heavy (non-hydrogen) atoms. The molecule has 5 nitrogen and oxygen atoms in total. The van der Waals surface area contributed by atoms with E-state index in [0.29, 0.717) is 26.0 Å². The lowest BCUT2D eigenvalue weighted by Gasteiger charge is -2.34. The maximum Gasteiger partial charge on any atom is 0.326 e. The van der Waals surface area contributed by atoms with E-state index in [1.807, 2.05) is 0 Å². The van der Waals surface area contributed by atoms with E-state index in [9.17, 15) is 9.59 Å². The predicted octanol–water partition coefficient (Wildman–Crippen LogP) is 1.43. The summed E-state index contributed by atoms with van der Waals surface area (Å²) in [5, 5.41) is 9.11. The number of carbonyl (C=O) groups excluding carboxylic acids is 1. The van der Waals surface area contributed by atoms with E-state index in [1.54, 1.807) is 13.0 Å². The van der Waals surface area contributed by atoms with E-state index in [-0.39, 0.29) is 5.91 Å². The second-order valence-electron chi connectivity index (χ2n) is 4.47. The van der Waals surface area contributed by atoms with Gasteiger partial charge in [0.05, 0.1) is 6.61 Å². The van der Waals surface area contributed by atoms with E-state index in [2.05, 4.69) is 6.58 Å². The summed E-state index contributed by atoms with van der Waals surface area (Å²) in [6, 6.07) is -0.697. The minimum atomic E-state index is -0.929. The Balaban J connectivity index is 2.56. The molecule has 0 saturated carbocycles. The number of piperidine rings is 1. The lowest BCUT2D eigenvalue weighted by atomic mass is 10.0. The number of hydrogen-bond acceptors (Lipinski definition) is 3. The number of amides is 1. The van der Waals surface area contributed by atoms with Gasteiger partial charge in [-0.25, -0.2) is 4.79 Å². The molecule has 0 radical (unpaired) electrons. The maximum absolute atomic E-state index is 12.1. The van der Waals surface area contributed by atoms with Crippen molar-refractivity contribution < 1.29 is 19.4 Å². The molecule has 1 heterocycles. The fourth-order valence-electron chi connectivity index (χ4n) is 2.09. The molecule has 1 N–H and O–H groups in total. The van der Waals surface area contributed by atoms with Crippen molar-refractivity contribution in [2.75, 3.05) is 13.2 Å². The maximum atomic E-state index is 12.1. The zero-order valence-electron chi connectivity index (χ0n) is 10.8. The summed E-state index contributed by atoms with van der Waals surface area (Å²) in [5.74, 6) is -1.16. The number of rotatable bonds is 6. The SMILES string of the molecule is C=CCCOC(C)C(=O)N1CCCC[C@@H]1C(=O)O. The summed E-state index contributed by atoms with van der Waals surface area (Å²) in [7, 11) is 0. The Labute approximate surface area is 107 Å². The van der Waals surface area contributed by atoms with Gasteiger partial charge in [-0.05, 0) is 32.6 Å². The first-order valence-corrected chi connectivity index (χ1v) is 6.33. The van der Waals surface area contributed by atoms with Gasteiger partial charge in [-0.1, -0.05) is 6.08 Å². The Morgan fingerprint density at radius 3 is 2.89 bits per heavy atom. The van der Waals surface area contributed by atoms with E-state index in [1.165, 1.54) is 4.90 Å². The highest BCUT2D eigenvalue weighted by Crippen LogP contribution is 2.18. The highest BCUT2D eigenvalue weighted by Gasteiger charge is 2.34. The summed E-state index contributed by atoms with van der Waals surface area (Å²) in [6.45, 7) is 6.18. The standard InChI is InChI=1S/C13H21NO4/c1-3-4-9-18-10(2)12(15)14-8-6-5-7-11(14)13(16)17/h3,10-11H,1,4-9H2,2H3,(H,16,17)/t10?,11-/m1/s1. The monoisotopic (exact) mass is 255 g/mol. The van der Waals surface area contributed by atoms with Crippen LogP contribution in [-0.2, 0) is 14.3 Å². The van der Waals surface area contributed by atoms with Crippen LogP contribution >= 0.6 is 0 Å². The van der Waals surface area contributed by atoms with Crippen LogP contribution in [0.15, 0.2) is 12.7 Å².